The van der Waals surface area contributed by atoms with Crippen LogP contribution in [0, 0.1) is 18.7 Å². The second-order valence-electron chi connectivity index (χ2n) is 5.05. The van der Waals surface area contributed by atoms with Gasteiger partial charge in [0.25, 0.3) is 0 Å². The summed E-state index contributed by atoms with van der Waals surface area (Å²) in [6.07, 6.45) is -0.208. The average molecular weight is 289 g/mol. The molecular weight excluding hydrogens is 269 g/mol. The molecule has 0 bridgehead atoms. The van der Waals surface area contributed by atoms with Gasteiger partial charge in [-0.05, 0) is 43.0 Å². The molecule has 2 N–H and O–H groups in total. The zero-order valence-electron chi connectivity index (χ0n) is 11.4. The zero-order chi connectivity index (χ0) is 14.6. The number of rotatable bonds is 6. The first-order valence-corrected chi connectivity index (χ1v) is 7.64. The number of hydrogen-bond acceptors (Lipinski definition) is 3. The van der Waals surface area contributed by atoms with Crippen molar-refractivity contribution in [3.63, 3.8) is 0 Å². The molecule has 0 fully saturated rings. The minimum Gasteiger partial charge on any atom is -0.392 e. The molecule has 1 aromatic rings. The molecule has 19 heavy (non-hydrogen) atoms. The fourth-order valence-electron chi connectivity index (χ4n) is 1.83. The lowest BCUT2D eigenvalue weighted by Gasteiger charge is -2.15. The molecule has 6 heteroatoms. The number of aliphatic hydroxyl groups is 1. The Labute approximate surface area is 113 Å². The number of aliphatic hydroxyl groups excluding tert-OH is 1. The standard InChI is InChI=1S/C13H20FNO3S/c1-9(2)6-12(16)8-15-19(17,18)13-5-4-11(14)7-10(13)3/h4-5,7,9,12,15-16H,6,8H2,1-3H3. The van der Waals surface area contributed by atoms with Crippen molar-refractivity contribution < 1.29 is 17.9 Å². The molecule has 0 radical (unpaired) electrons. The summed E-state index contributed by atoms with van der Waals surface area (Å²) in [7, 11) is -3.72. The van der Waals surface area contributed by atoms with Gasteiger partial charge in [-0.3, -0.25) is 0 Å². The lowest BCUT2D eigenvalue weighted by molar-refractivity contribution is 0.152. The summed E-state index contributed by atoms with van der Waals surface area (Å²) < 4.78 is 39.3. The fraction of sp³-hybridized carbons (Fsp3) is 0.538. The monoisotopic (exact) mass is 289 g/mol. The molecule has 0 spiro atoms. The van der Waals surface area contributed by atoms with Crippen molar-refractivity contribution in [1.29, 1.82) is 0 Å². The molecule has 1 rings (SSSR count). The molecule has 0 heterocycles. The summed E-state index contributed by atoms with van der Waals surface area (Å²) in [5.74, 6) is -0.191. The van der Waals surface area contributed by atoms with Crippen LogP contribution in [0.1, 0.15) is 25.8 Å². The zero-order valence-corrected chi connectivity index (χ0v) is 12.2. The van der Waals surface area contributed by atoms with Crippen LogP contribution >= 0.6 is 0 Å². The predicted octanol–water partition coefficient (Wildman–Crippen LogP) is 1.82. The SMILES string of the molecule is Cc1cc(F)ccc1S(=O)(=O)NCC(O)CC(C)C. The normalized spacial score (nSPS) is 13.8. The van der Waals surface area contributed by atoms with Gasteiger partial charge in [0.2, 0.25) is 10.0 Å². The number of sulfonamides is 1. The highest BCUT2D eigenvalue weighted by Crippen LogP contribution is 2.16. The molecule has 0 aliphatic heterocycles. The second kappa shape index (κ2) is 6.45. The first-order valence-electron chi connectivity index (χ1n) is 6.16. The van der Waals surface area contributed by atoms with E-state index in [1.54, 1.807) is 0 Å². The number of halogens is 1. The first kappa shape index (κ1) is 16.1. The third-order valence-electron chi connectivity index (χ3n) is 2.68. The molecule has 0 aliphatic rings. The maximum Gasteiger partial charge on any atom is 0.240 e. The van der Waals surface area contributed by atoms with Gasteiger partial charge in [0.1, 0.15) is 5.82 Å². The second-order valence-corrected chi connectivity index (χ2v) is 6.78. The van der Waals surface area contributed by atoms with E-state index < -0.39 is 21.9 Å². The third kappa shape index (κ3) is 4.89. The molecular formula is C13H20FNO3S. The van der Waals surface area contributed by atoms with Crippen LogP contribution in [-0.2, 0) is 10.0 Å². The lowest BCUT2D eigenvalue weighted by atomic mass is 10.1. The molecule has 1 unspecified atom stereocenters. The molecule has 0 aromatic heterocycles. The van der Waals surface area contributed by atoms with Crippen molar-refractivity contribution in [1.82, 2.24) is 4.72 Å². The summed E-state index contributed by atoms with van der Waals surface area (Å²) >= 11 is 0. The highest BCUT2D eigenvalue weighted by molar-refractivity contribution is 7.89. The maximum absolute atomic E-state index is 12.9. The molecule has 0 amide bonds. The van der Waals surface area contributed by atoms with Gasteiger partial charge in [0.15, 0.2) is 0 Å². The summed E-state index contributed by atoms with van der Waals surface area (Å²) in [6, 6.07) is 3.49. The molecule has 0 saturated heterocycles. The summed E-state index contributed by atoms with van der Waals surface area (Å²) in [6.45, 7) is 5.38. The van der Waals surface area contributed by atoms with Crippen LogP contribution in [0.5, 0.6) is 0 Å². The van der Waals surface area contributed by atoms with E-state index in [9.17, 15) is 17.9 Å². The Hall–Kier alpha value is -0.980. The Morgan fingerprint density at radius 3 is 2.53 bits per heavy atom. The van der Waals surface area contributed by atoms with E-state index in [-0.39, 0.29) is 17.4 Å². The molecule has 0 saturated carbocycles. The summed E-state index contributed by atoms with van der Waals surface area (Å²) in [5.41, 5.74) is 0.339. The number of aryl methyl sites for hydroxylation is 1. The quantitative estimate of drug-likeness (QED) is 0.839. The lowest BCUT2D eigenvalue weighted by Crippen LogP contribution is -2.33. The van der Waals surface area contributed by atoms with Gasteiger partial charge in [0, 0.05) is 6.54 Å². The maximum atomic E-state index is 12.9. The van der Waals surface area contributed by atoms with Crippen molar-refractivity contribution in [3.8, 4) is 0 Å². The largest absolute Gasteiger partial charge is 0.392 e. The molecule has 1 aromatic carbocycles. The number of benzene rings is 1. The summed E-state index contributed by atoms with van der Waals surface area (Å²) in [4.78, 5) is 0.0330. The number of hydrogen-bond donors (Lipinski definition) is 2. The van der Waals surface area contributed by atoms with E-state index in [0.29, 0.717) is 12.0 Å². The van der Waals surface area contributed by atoms with Crippen LogP contribution < -0.4 is 4.72 Å². The van der Waals surface area contributed by atoms with Crippen LogP contribution in [-0.4, -0.2) is 26.2 Å². The third-order valence-corrected chi connectivity index (χ3v) is 4.26. The number of nitrogens with one attached hydrogen (secondary N) is 1. The van der Waals surface area contributed by atoms with E-state index in [2.05, 4.69) is 4.72 Å². The fourth-order valence-corrected chi connectivity index (χ4v) is 3.12. The van der Waals surface area contributed by atoms with Crippen LogP contribution in [0.25, 0.3) is 0 Å². The Balaban J connectivity index is 2.76. The van der Waals surface area contributed by atoms with E-state index in [4.69, 9.17) is 0 Å². The van der Waals surface area contributed by atoms with Crippen LogP contribution in [0.4, 0.5) is 4.39 Å². The van der Waals surface area contributed by atoms with Crippen LogP contribution in [0.3, 0.4) is 0 Å². The first-order chi connectivity index (χ1) is 8.72. The van der Waals surface area contributed by atoms with Gasteiger partial charge in [-0.25, -0.2) is 17.5 Å². The van der Waals surface area contributed by atoms with Gasteiger partial charge in [0.05, 0.1) is 11.0 Å². The summed E-state index contributed by atoms with van der Waals surface area (Å²) in [5, 5.41) is 9.66. The topological polar surface area (TPSA) is 66.4 Å². The molecule has 4 nitrogen and oxygen atoms in total. The predicted molar refractivity (Wildman–Crippen MR) is 71.8 cm³/mol. The van der Waals surface area contributed by atoms with Gasteiger partial charge < -0.3 is 5.11 Å². The minimum atomic E-state index is -3.72. The van der Waals surface area contributed by atoms with Crippen LogP contribution in [0.2, 0.25) is 0 Å². The van der Waals surface area contributed by atoms with Crippen LogP contribution in [0.15, 0.2) is 23.1 Å². The van der Waals surface area contributed by atoms with Gasteiger partial charge in [-0.2, -0.15) is 0 Å². The van der Waals surface area contributed by atoms with Crippen molar-refractivity contribution in [2.75, 3.05) is 6.54 Å². The van der Waals surface area contributed by atoms with E-state index in [0.717, 1.165) is 6.07 Å². The van der Waals surface area contributed by atoms with Gasteiger partial charge >= 0.3 is 0 Å². The Bertz CT molecular complexity index is 529. The smallest absolute Gasteiger partial charge is 0.240 e. The van der Waals surface area contributed by atoms with Crippen molar-refractivity contribution >= 4 is 10.0 Å². The average Bonchev–Trinajstić information content (AvgIpc) is 2.25. The highest BCUT2D eigenvalue weighted by Gasteiger charge is 2.18. The minimum absolute atomic E-state index is 0.0330. The highest BCUT2D eigenvalue weighted by atomic mass is 32.2. The molecule has 108 valence electrons. The van der Waals surface area contributed by atoms with Gasteiger partial charge in [-0.15, -0.1) is 0 Å². The van der Waals surface area contributed by atoms with E-state index in [1.807, 2.05) is 13.8 Å². The van der Waals surface area contributed by atoms with Gasteiger partial charge in [-0.1, -0.05) is 13.8 Å². The molecule has 0 aliphatic carbocycles. The van der Waals surface area contributed by atoms with E-state index >= 15 is 0 Å². The van der Waals surface area contributed by atoms with Crippen molar-refractivity contribution in [3.05, 3.63) is 29.6 Å². The Morgan fingerprint density at radius 2 is 2.00 bits per heavy atom. The van der Waals surface area contributed by atoms with E-state index in [1.165, 1.54) is 19.1 Å². The van der Waals surface area contributed by atoms with Crippen molar-refractivity contribution in [2.45, 2.75) is 38.2 Å². The Morgan fingerprint density at radius 1 is 1.37 bits per heavy atom. The Kier molecular flexibility index (Phi) is 5.46. The molecule has 1 atom stereocenters. The van der Waals surface area contributed by atoms with Crippen molar-refractivity contribution in [2.24, 2.45) is 5.92 Å².